The molecule has 1 aliphatic heterocycles. The number of nitrogens with one attached hydrogen (secondary N) is 1. The minimum Gasteiger partial charge on any atom is -0.367 e. The average Bonchev–Trinajstić information content (AvgIpc) is 2.78. The largest absolute Gasteiger partial charge is 0.367 e. The topological polar surface area (TPSA) is 21.3 Å². The van der Waals surface area contributed by atoms with Gasteiger partial charge in [-0.25, -0.2) is 0 Å². The molecule has 96 valence electrons. The van der Waals surface area contributed by atoms with E-state index in [-0.39, 0.29) is 6.10 Å². The first-order valence-electron chi connectivity index (χ1n) is 6.36. The molecule has 1 aromatic heterocycles. The van der Waals surface area contributed by atoms with Gasteiger partial charge in [0.1, 0.15) is 6.10 Å². The molecule has 2 unspecified atom stereocenters. The van der Waals surface area contributed by atoms with Gasteiger partial charge in [0.25, 0.3) is 0 Å². The van der Waals surface area contributed by atoms with Crippen LogP contribution in [-0.2, 0) is 4.74 Å². The molecule has 1 N–H and O–H groups in total. The van der Waals surface area contributed by atoms with E-state index < -0.39 is 0 Å². The van der Waals surface area contributed by atoms with Gasteiger partial charge in [-0.1, -0.05) is 38.3 Å². The molecule has 2 atom stereocenters. The van der Waals surface area contributed by atoms with Crippen LogP contribution in [0.5, 0.6) is 0 Å². The standard InChI is InChI=1S/C13H20ClNOS/c1-3-9(4-2)10-7-15-8-11(16-10)12-5-6-13(14)17-12/h5-6,9-11,15H,3-4,7-8H2,1-2H3. The molecular weight excluding hydrogens is 254 g/mol. The maximum Gasteiger partial charge on any atom is 0.105 e. The number of thiophene rings is 1. The fraction of sp³-hybridized carbons (Fsp3) is 0.692. The summed E-state index contributed by atoms with van der Waals surface area (Å²) in [6.45, 7) is 6.35. The van der Waals surface area contributed by atoms with Crippen LogP contribution in [0.2, 0.25) is 4.34 Å². The van der Waals surface area contributed by atoms with E-state index in [1.165, 1.54) is 17.7 Å². The molecule has 2 heterocycles. The van der Waals surface area contributed by atoms with Crippen molar-refractivity contribution in [3.8, 4) is 0 Å². The van der Waals surface area contributed by atoms with Gasteiger partial charge >= 0.3 is 0 Å². The Kier molecular flexibility index (Phi) is 4.86. The molecule has 1 saturated heterocycles. The van der Waals surface area contributed by atoms with Crippen molar-refractivity contribution in [3.05, 3.63) is 21.3 Å². The van der Waals surface area contributed by atoms with Gasteiger partial charge in [-0.3, -0.25) is 0 Å². The van der Waals surface area contributed by atoms with E-state index in [1.54, 1.807) is 11.3 Å². The summed E-state index contributed by atoms with van der Waals surface area (Å²) in [5.41, 5.74) is 0. The molecule has 2 rings (SSSR count). The summed E-state index contributed by atoms with van der Waals surface area (Å²) in [4.78, 5) is 1.23. The third kappa shape index (κ3) is 3.22. The lowest BCUT2D eigenvalue weighted by atomic mass is 9.95. The Labute approximate surface area is 112 Å². The molecule has 0 bridgehead atoms. The molecule has 0 saturated carbocycles. The Morgan fingerprint density at radius 3 is 2.76 bits per heavy atom. The second-order valence-corrected chi connectivity index (χ2v) is 6.29. The second-order valence-electron chi connectivity index (χ2n) is 4.54. The zero-order valence-corrected chi connectivity index (χ0v) is 12.0. The zero-order valence-electron chi connectivity index (χ0n) is 10.4. The summed E-state index contributed by atoms with van der Waals surface area (Å²) >= 11 is 7.60. The molecule has 0 aliphatic carbocycles. The molecule has 0 amide bonds. The van der Waals surface area contributed by atoms with Crippen molar-refractivity contribution in [3.63, 3.8) is 0 Å². The van der Waals surface area contributed by atoms with Crippen LogP contribution in [-0.4, -0.2) is 19.2 Å². The fourth-order valence-electron chi connectivity index (χ4n) is 2.43. The van der Waals surface area contributed by atoms with E-state index in [0.717, 1.165) is 17.4 Å². The highest BCUT2D eigenvalue weighted by Gasteiger charge is 2.28. The van der Waals surface area contributed by atoms with E-state index in [9.17, 15) is 0 Å². The fourth-order valence-corrected chi connectivity index (χ4v) is 3.52. The van der Waals surface area contributed by atoms with Crippen LogP contribution in [0.25, 0.3) is 0 Å². The Bertz CT molecular complexity index is 351. The van der Waals surface area contributed by atoms with Crippen molar-refractivity contribution in [2.75, 3.05) is 13.1 Å². The predicted molar refractivity (Wildman–Crippen MR) is 73.9 cm³/mol. The SMILES string of the molecule is CCC(CC)C1CNCC(c2ccc(Cl)s2)O1. The molecule has 0 aromatic carbocycles. The number of ether oxygens (including phenoxy) is 1. The van der Waals surface area contributed by atoms with Gasteiger partial charge in [0, 0.05) is 18.0 Å². The molecule has 17 heavy (non-hydrogen) atoms. The summed E-state index contributed by atoms with van der Waals surface area (Å²) < 4.78 is 7.06. The summed E-state index contributed by atoms with van der Waals surface area (Å²) in [5, 5.41) is 3.48. The van der Waals surface area contributed by atoms with E-state index in [2.05, 4.69) is 25.2 Å². The van der Waals surface area contributed by atoms with Crippen molar-refractivity contribution in [1.29, 1.82) is 0 Å². The van der Waals surface area contributed by atoms with E-state index >= 15 is 0 Å². The lowest BCUT2D eigenvalue weighted by Crippen LogP contribution is -2.43. The average molecular weight is 274 g/mol. The maximum atomic E-state index is 6.22. The Hall–Kier alpha value is -0.0900. The quantitative estimate of drug-likeness (QED) is 0.899. The number of halogens is 1. The third-order valence-electron chi connectivity index (χ3n) is 3.50. The van der Waals surface area contributed by atoms with Crippen LogP contribution < -0.4 is 5.32 Å². The number of hydrogen-bond acceptors (Lipinski definition) is 3. The van der Waals surface area contributed by atoms with Gasteiger partial charge in [-0.15, -0.1) is 11.3 Å². The van der Waals surface area contributed by atoms with Crippen LogP contribution in [0, 0.1) is 5.92 Å². The van der Waals surface area contributed by atoms with Crippen molar-refractivity contribution in [2.24, 2.45) is 5.92 Å². The summed E-state index contributed by atoms with van der Waals surface area (Å²) in [6, 6.07) is 4.03. The van der Waals surface area contributed by atoms with Gasteiger partial charge in [0.2, 0.25) is 0 Å². The first-order chi connectivity index (χ1) is 8.24. The highest BCUT2D eigenvalue weighted by molar-refractivity contribution is 7.16. The van der Waals surface area contributed by atoms with E-state index in [0.29, 0.717) is 12.0 Å². The van der Waals surface area contributed by atoms with Gasteiger partial charge < -0.3 is 10.1 Å². The number of morpholine rings is 1. The van der Waals surface area contributed by atoms with Crippen molar-refractivity contribution in [2.45, 2.75) is 38.9 Å². The summed E-state index contributed by atoms with van der Waals surface area (Å²) in [6.07, 6.45) is 2.87. The lowest BCUT2D eigenvalue weighted by molar-refractivity contribution is -0.0673. The lowest BCUT2D eigenvalue weighted by Gasteiger charge is -2.34. The van der Waals surface area contributed by atoms with E-state index in [4.69, 9.17) is 16.3 Å². The monoisotopic (exact) mass is 273 g/mol. The van der Waals surface area contributed by atoms with Gasteiger partial charge in [0.15, 0.2) is 0 Å². The predicted octanol–water partition coefficient (Wildman–Crippen LogP) is 3.87. The molecule has 1 fully saturated rings. The van der Waals surface area contributed by atoms with Crippen LogP contribution >= 0.6 is 22.9 Å². The summed E-state index contributed by atoms with van der Waals surface area (Å²) in [5.74, 6) is 0.653. The maximum absolute atomic E-state index is 6.22. The van der Waals surface area contributed by atoms with Gasteiger partial charge in [-0.2, -0.15) is 0 Å². The zero-order chi connectivity index (χ0) is 12.3. The molecule has 2 nitrogen and oxygen atoms in total. The molecule has 0 spiro atoms. The van der Waals surface area contributed by atoms with Crippen LogP contribution in [0.1, 0.15) is 37.7 Å². The van der Waals surface area contributed by atoms with Crippen LogP contribution in [0.4, 0.5) is 0 Å². The van der Waals surface area contributed by atoms with Gasteiger partial charge in [-0.05, 0) is 18.1 Å². The second kappa shape index (κ2) is 6.19. The van der Waals surface area contributed by atoms with E-state index in [1.807, 2.05) is 6.07 Å². The van der Waals surface area contributed by atoms with Crippen molar-refractivity contribution < 1.29 is 4.74 Å². The highest BCUT2D eigenvalue weighted by Crippen LogP contribution is 2.32. The Morgan fingerprint density at radius 2 is 2.18 bits per heavy atom. The van der Waals surface area contributed by atoms with Crippen LogP contribution in [0.15, 0.2) is 12.1 Å². The first-order valence-corrected chi connectivity index (χ1v) is 7.55. The molecular formula is C13H20ClNOS. The third-order valence-corrected chi connectivity index (χ3v) is 4.82. The highest BCUT2D eigenvalue weighted by atomic mass is 35.5. The molecule has 0 radical (unpaired) electrons. The Morgan fingerprint density at radius 1 is 1.41 bits per heavy atom. The van der Waals surface area contributed by atoms with Crippen molar-refractivity contribution >= 4 is 22.9 Å². The normalized spacial score (nSPS) is 25.4. The van der Waals surface area contributed by atoms with Crippen molar-refractivity contribution in [1.82, 2.24) is 5.32 Å². The van der Waals surface area contributed by atoms with Crippen LogP contribution in [0.3, 0.4) is 0 Å². The minimum absolute atomic E-state index is 0.173. The molecule has 1 aromatic rings. The summed E-state index contributed by atoms with van der Waals surface area (Å²) in [7, 11) is 0. The molecule has 4 heteroatoms. The first kappa shape index (κ1) is 13.3. The molecule has 1 aliphatic rings. The number of rotatable bonds is 4. The Balaban J connectivity index is 2.01. The number of hydrogen-bond donors (Lipinski definition) is 1. The smallest absolute Gasteiger partial charge is 0.105 e. The van der Waals surface area contributed by atoms with Gasteiger partial charge in [0.05, 0.1) is 10.4 Å². The minimum atomic E-state index is 0.173.